The van der Waals surface area contributed by atoms with Crippen LogP contribution in [0.1, 0.15) is 5.69 Å². The Morgan fingerprint density at radius 1 is 1.39 bits per heavy atom. The van der Waals surface area contributed by atoms with Gasteiger partial charge < -0.3 is 10.6 Å². The zero-order valence-corrected chi connectivity index (χ0v) is 13.9. The van der Waals surface area contributed by atoms with Gasteiger partial charge >= 0.3 is 0 Å². The van der Waals surface area contributed by atoms with Gasteiger partial charge in [-0.25, -0.2) is 17.4 Å². The number of hydrogen-bond acceptors (Lipinski definition) is 7. The van der Waals surface area contributed by atoms with Gasteiger partial charge in [0.1, 0.15) is 5.82 Å². The van der Waals surface area contributed by atoms with Crippen molar-refractivity contribution in [3.05, 3.63) is 34.2 Å². The van der Waals surface area contributed by atoms with Crippen LogP contribution in [0.3, 0.4) is 0 Å². The van der Waals surface area contributed by atoms with Gasteiger partial charge in [-0.15, -0.1) is 0 Å². The Bertz CT molecular complexity index is 857. The highest BCUT2D eigenvalue weighted by Gasteiger charge is 2.34. The van der Waals surface area contributed by atoms with Crippen molar-refractivity contribution in [3.8, 4) is 0 Å². The highest BCUT2D eigenvalue weighted by atomic mass is 79.9. The monoisotopic (exact) mass is 403 g/mol. The molecular formula is C12H11BrFN5O3S. The van der Waals surface area contributed by atoms with Crippen LogP contribution in [0.25, 0.3) is 0 Å². The van der Waals surface area contributed by atoms with E-state index in [0.717, 1.165) is 0 Å². The van der Waals surface area contributed by atoms with E-state index >= 15 is 0 Å². The molecule has 0 aliphatic carbocycles. The molecule has 0 bridgehead atoms. The van der Waals surface area contributed by atoms with E-state index in [0.29, 0.717) is 5.69 Å². The highest BCUT2D eigenvalue weighted by Crippen LogP contribution is 2.22. The minimum absolute atomic E-state index is 0.00493. The second-order valence-electron chi connectivity index (χ2n) is 5.01. The van der Waals surface area contributed by atoms with Crippen molar-refractivity contribution in [2.45, 2.75) is 6.04 Å². The summed E-state index contributed by atoms with van der Waals surface area (Å²) in [7, 11) is -2.98. The van der Waals surface area contributed by atoms with Gasteiger partial charge in [0.25, 0.3) is 0 Å². The summed E-state index contributed by atoms with van der Waals surface area (Å²) in [4.78, 5) is 0. The lowest BCUT2D eigenvalue weighted by molar-refractivity contribution is 0.307. The number of nitrogens with one attached hydrogen (secondary N) is 3. The number of benzene rings is 1. The number of anilines is 2. The van der Waals surface area contributed by atoms with Gasteiger partial charge in [-0.1, -0.05) is 0 Å². The number of sulfone groups is 1. The Labute approximate surface area is 139 Å². The van der Waals surface area contributed by atoms with Crippen LogP contribution in [0.15, 0.2) is 27.3 Å². The number of hydrogen-bond donors (Lipinski definition) is 3. The van der Waals surface area contributed by atoms with Crippen LogP contribution in [-0.4, -0.2) is 42.1 Å². The third kappa shape index (κ3) is 3.50. The lowest BCUT2D eigenvalue weighted by Gasteiger charge is -2.26. The first-order valence-corrected chi connectivity index (χ1v) is 9.06. The van der Waals surface area contributed by atoms with Gasteiger partial charge in [-0.2, -0.15) is 0 Å². The first kappa shape index (κ1) is 15.9. The fourth-order valence-corrected chi connectivity index (χ4v) is 3.74. The number of rotatable bonds is 4. The summed E-state index contributed by atoms with van der Waals surface area (Å²) in [5, 5.41) is 20.9. The predicted molar refractivity (Wildman–Crippen MR) is 84.9 cm³/mol. The third-order valence-corrected chi connectivity index (χ3v) is 5.59. The first-order valence-electron chi connectivity index (χ1n) is 6.44. The molecule has 1 aliphatic heterocycles. The first-order chi connectivity index (χ1) is 10.8. The van der Waals surface area contributed by atoms with Crippen molar-refractivity contribution >= 4 is 43.1 Å². The standard InChI is InChI=1S/C12H11BrFN5O3S/c13-8-3-6(1-2-9(8)14)16-11(15)10-12(19-22-18-10)17-7-4-23(20,21)5-7/h1-3,7H,4-5H2,(H2,15,16)(H,17,19). The fraction of sp³-hybridized carbons (Fsp3) is 0.250. The van der Waals surface area contributed by atoms with E-state index < -0.39 is 15.7 Å². The molecule has 3 rings (SSSR count). The van der Waals surface area contributed by atoms with Crippen LogP contribution in [0.2, 0.25) is 0 Å². The smallest absolute Gasteiger partial charge is 0.202 e. The third-order valence-electron chi connectivity index (χ3n) is 3.17. The Kier molecular flexibility index (Phi) is 4.06. The molecule has 23 heavy (non-hydrogen) atoms. The maximum Gasteiger partial charge on any atom is 0.202 e. The topological polar surface area (TPSA) is 121 Å². The molecule has 2 aromatic rings. The van der Waals surface area contributed by atoms with E-state index in [-0.39, 0.29) is 39.4 Å². The van der Waals surface area contributed by atoms with Crippen LogP contribution < -0.4 is 10.6 Å². The molecule has 1 fully saturated rings. The lowest BCUT2D eigenvalue weighted by atomic mass is 10.3. The van der Waals surface area contributed by atoms with Gasteiger partial charge in [-0.3, -0.25) is 5.41 Å². The van der Waals surface area contributed by atoms with E-state index in [1.807, 2.05) is 0 Å². The summed E-state index contributed by atoms with van der Waals surface area (Å²) < 4.78 is 40.4. The fourth-order valence-electron chi connectivity index (χ4n) is 2.07. The quantitative estimate of drug-likeness (QED) is 0.523. The number of amidine groups is 1. The second kappa shape index (κ2) is 5.89. The van der Waals surface area contributed by atoms with Crippen LogP contribution in [0.5, 0.6) is 0 Å². The van der Waals surface area contributed by atoms with Gasteiger partial charge in [0.2, 0.25) is 5.82 Å². The number of aromatic nitrogens is 2. The molecule has 0 saturated carbocycles. The molecule has 1 aliphatic rings. The van der Waals surface area contributed by atoms with Crippen molar-refractivity contribution in [1.82, 2.24) is 10.3 Å². The maximum atomic E-state index is 13.2. The molecule has 2 heterocycles. The molecular weight excluding hydrogens is 393 g/mol. The van der Waals surface area contributed by atoms with Crippen molar-refractivity contribution in [2.75, 3.05) is 22.1 Å². The molecule has 0 radical (unpaired) electrons. The Balaban J connectivity index is 1.70. The largest absolute Gasteiger partial charge is 0.360 e. The number of halogens is 2. The van der Waals surface area contributed by atoms with Crippen molar-refractivity contribution in [1.29, 1.82) is 5.41 Å². The summed E-state index contributed by atoms with van der Waals surface area (Å²) in [6.45, 7) is 0. The van der Waals surface area contributed by atoms with Crippen LogP contribution >= 0.6 is 15.9 Å². The molecule has 0 spiro atoms. The Morgan fingerprint density at radius 3 is 2.78 bits per heavy atom. The Morgan fingerprint density at radius 2 is 2.13 bits per heavy atom. The van der Waals surface area contributed by atoms with Crippen molar-refractivity contribution < 1.29 is 17.4 Å². The molecule has 1 aromatic carbocycles. The molecule has 0 amide bonds. The van der Waals surface area contributed by atoms with Crippen molar-refractivity contribution in [3.63, 3.8) is 0 Å². The molecule has 0 atom stereocenters. The maximum absolute atomic E-state index is 13.2. The molecule has 11 heteroatoms. The van der Waals surface area contributed by atoms with E-state index in [2.05, 4.69) is 41.5 Å². The zero-order chi connectivity index (χ0) is 16.6. The summed E-state index contributed by atoms with van der Waals surface area (Å²) >= 11 is 3.06. The van der Waals surface area contributed by atoms with E-state index in [4.69, 9.17) is 5.41 Å². The molecule has 122 valence electrons. The van der Waals surface area contributed by atoms with Crippen LogP contribution in [0, 0.1) is 11.2 Å². The highest BCUT2D eigenvalue weighted by molar-refractivity contribution is 9.10. The van der Waals surface area contributed by atoms with Gasteiger partial charge in [0.15, 0.2) is 21.4 Å². The number of nitrogens with zero attached hydrogens (tertiary/aromatic N) is 2. The van der Waals surface area contributed by atoms with Crippen molar-refractivity contribution in [2.24, 2.45) is 0 Å². The summed E-state index contributed by atoms with van der Waals surface area (Å²) in [6, 6.07) is 3.91. The van der Waals surface area contributed by atoms with Gasteiger partial charge in [0.05, 0.1) is 22.0 Å². The molecule has 0 unspecified atom stereocenters. The van der Waals surface area contributed by atoms with Gasteiger partial charge in [-0.05, 0) is 44.4 Å². The normalized spacial score (nSPS) is 16.6. The average Bonchev–Trinajstić information content (AvgIpc) is 2.89. The van der Waals surface area contributed by atoms with Gasteiger partial charge in [0, 0.05) is 5.69 Å². The summed E-state index contributed by atoms with van der Waals surface area (Å²) in [5.41, 5.74) is 0.582. The minimum Gasteiger partial charge on any atom is -0.360 e. The second-order valence-corrected chi connectivity index (χ2v) is 8.02. The predicted octanol–water partition coefficient (Wildman–Crippen LogP) is 1.62. The minimum atomic E-state index is -2.98. The molecule has 1 aromatic heterocycles. The summed E-state index contributed by atoms with van der Waals surface area (Å²) in [6.07, 6.45) is 0. The Hall–Kier alpha value is -2.01. The lowest BCUT2D eigenvalue weighted by Crippen LogP contribution is -2.46. The molecule has 8 nitrogen and oxygen atoms in total. The summed E-state index contributed by atoms with van der Waals surface area (Å²) in [5.74, 6) is -0.340. The van der Waals surface area contributed by atoms with Crippen LogP contribution in [0.4, 0.5) is 15.9 Å². The van der Waals surface area contributed by atoms with Crippen LogP contribution in [-0.2, 0) is 9.84 Å². The SMILES string of the molecule is N=C(Nc1ccc(F)c(Br)c1)c1nonc1NC1CS(=O)(=O)C1. The van der Waals surface area contributed by atoms with E-state index in [1.54, 1.807) is 0 Å². The molecule has 3 N–H and O–H groups in total. The molecule has 1 saturated heterocycles. The average molecular weight is 404 g/mol. The van der Waals surface area contributed by atoms with E-state index in [1.165, 1.54) is 18.2 Å². The van der Waals surface area contributed by atoms with E-state index in [9.17, 15) is 12.8 Å². The zero-order valence-electron chi connectivity index (χ0n) is 11.5.